The lowest BCUT2D eigenvalue weighted by Crippen LogP contribution is -2.14. The molecule has 7 nitrogen and oxygen atoms in total. The lowest BCUT2D eigenvalue weighted by atomic mass is 10.1. The van der Waals surface area contributed by atoms with Crippen LogP contribution < -0.4 is 14.9 Å². The largest absolute Gasteiger partial charge is 0.462 e. The predicted octanol–water partition coefficient (Wildman–Crippen LogP) is 6.35. The van der Waals surface area contributed by atoms with Gasteiger partial charge in [0.25, 0.3) is 0 Å². The first kappa shape index (κ1) is 25.0. The van der Waals surface area contributed by atoms with Crippen molar-refractivity contribution in [1.82, 2.24) is 0 Å². The van der Waals surface area contributed by atoms with Gasteiger partial charge in [0.05, 0.1) is 17.6 Å². The number of ether oxygens (including phenoxy) is 3. The topological polar surface area (TPSA) is 92.0 Å². The van der Waals surface area contributed by atoms with Gasteiger partial charge < -0.3 is 18.6 Å². The number of rotatable bonds is 8. The minimum Gasteiger partial charge on any atom is -0.462 e. The van der Waals surface area contributed by atoms with Gasteiger partial charge in [-0.15, -0.1) is 11.6 Å². The molecule has 1 aromatic heterocycles. The third kappa shape index (κ3) is 5.58. The van der Waals surface area contributed by atoms with Crippen molar-refractivity contribution in [2.45, 2.75) is 25.6 Å². The summed E-state index contributed by atoms with van der Waals surface area (Å²) in [5.74, 6) is -0.276. The van der Waals surface area contributed by atoms with E-state index < -0.39 is 22.7 Å². The average Bonchev–Trinajstić information content (AvgIpc) is 2.90. The minimum absolute atomic E-state index is 0.0125. The molecule has 0 aliphatic heterocycles. The predicted molar refractivity (Wildman–Crippen MR) is 135 cm³/mol. The van der Waals surface area contributed by atoms with Crippen LogP contribution in [0.15, 0.2) is 82.0 Å². The minimum atomic E-state index is -0.980. The van der Waals surface area contributed by atoms with Crippen molar-refractivity contribution in [3.05, 3.63) is 99.9 Å². The standard InChI is InChI=1S/C28H23ClO7/c1-3-15-33-27(31)19-9-11-20(12-10-19)35-26-17(2)34-23-16-21(13-14-22(23)25(26)30)36-28(32)24(29)18-7-5-4-6-8-18/h4-14,16,24H,3,15H2,1-2H3. The number of fused-ring (bicyclic) bond motifs is 1. The lowest BCUT2D eigenvalue weighted by Gasteiger charge is -2.12. The van der Waals surface area contributed by atoms with Gasteiger partial charge in [-0.25, -0.2) is 9.59 Å². The van der Waals surface area contributed by atoms with E-state index >= 15 is 0 Å². The van der Waals surface area contributed by atoms with E-state index in [0.29, 0.717) is 23.5 Å². The van der Waals surface area contributed by atoms with Crippen LogP contribution in [-0.2, 0) is 9.53 Å². The van der Waals surface area contributed by atoms with Gasteiger partial charge in [-0.1, -0.05) is 37.3 Å². The summed E-state index contributed by atoms with van der Waals surface area (Å²) >= 11 is 6.23. The molecule has 0 fully saturated rings. The van der Waals surface area contributed by atoms with Crippen LogP contribution in [0.5, 0.6) is 17.2 Å². The number of hydrogen-bond donors (Lipinski definition) is 0. The van der Waals surface area contributed by atoms with E-state index in [0.717, 1.165) is 6.42 Å². The highest BCUT2D eigenvalue weighted by atomic mass is 35.5. The molecular formula is C28H23ClO7. The molecule has 4 rings (SSSR count). The second-order valence-corrected chi connectivity index (χ2v) is 8.37. The van der Waals surface area contributed by atoms with E-state index in [9.17, 15) is 14.4 Å². The van der Waals surface area contributed by atoms with Crippen molar-refractivity contribution >= 4 is 34.5 Å². The molecule has 1 atom stereocenters. The summed E-state index contributed by atoms with van der Waals surface area (Å²) in [6.45, 7) is 3.85. The number of benzene rings is 3. The Morgan fingerprint density at radius 3 is 2.36 bits per heavy atom. The maximum atomic E-state index is 13.1. The van der Waals surface area contributed by atoms with Crippen LogP contribution >= 0.6 is 11.6 Å². The molecule has 3 aromatic carbocycles. The van der Waals surface area contributed by atoms with Crippen LogP contribution in [0.3, 0.4) is 0 Å². The first-order valence-electron chi connectivity index (χ1n) is 11.3. The van der Waals surface area contributed by atoms with Crippen LogP contribution in [0.2, 0.25) is 0 Å². The zero-order valence-electron chi connectivity index (χ0n) is 19.7. The van der Waals surface area contributed by atoms with Crippen molar-refractivity contribution in [2.75, 3.05) is 6.61 Å². The van der Waals surface area contributed by atoms with Gasteiger partial charge in [-0.2, -0.15) is 0 Å². The summed E-state index contributed by atoms with van der Waals surface area (Å²) in [5.41, 5.74) is 0.833. The van der Waals surface area contributed by atoms with Crippen LogP contribution in [-0.4, -0.2) is 18.5 Å². The van der Waals surface area contributed by atoms with E-state index in [1.807, 2.05) is 13.0 Å². The number of hydrogen-bond acceptors (Lipinski definition) is 7. The molecule has 1 unspecified atom stereocenters. The van der Waals surface area contributed by atoms with Gasteiger partial charge in [0.1, 0.15) is 22.8 Å². The summed E-state index contributed by atoms with van der Waals surface area (Å²) in [6, 6.07) is 19.5. The molecule has 0 amide bonds. The number of alkyl halides is 1. The Balaban J connectivity index is 1.53. The Bertz CT molecular complexity index is 1440. The quantitative estimate of drug-likeness (QED) is 0.156. The van der Waals surface area contributed by atoms with Gasteiger partial charge in [0.15, 0.2) is 5.38 Å². The van der Waals surface area contributed by atoms with Gasteiger partial charge in [0.2, 0.25) is 11.2 Å². The fourth-order valence-corrected chi connectivity index (χ4v) is 3.62. The molecule has 1 heterocycles. The van der Waals surface area contributed by atoms with Crippen LogP contribution in [0.4, 0.5) is 0 Å². The van der Waals surface area contributed by atoms with Gasteiger partial charge >= 0.3 is 11.9 Å². The molecular weight excluding hydrogens is 484 g/mol. The maximum absolute atomic E-state index is 13.1. The number of carbonyl (C=O) groups excluding carboxylic acids is 2. The molecule has 0 spiro atoms. The molecule has 8 heteroatoms. The van der Waals surface area contributed by atoms with Gasteiger partial charge in [0, 0.05) is 6.07 Å². The molecule has 0 saturated carbocycles. The number of carbonyl (C=O) groups is 2. The second kappa shape index (κ2) is 11.1. The van der Waals surface area contributed by atoms with Crippen molar-refractivity contribution in [3.8, 4) is 17.2 Å². The van der Waals surface area contributed by atoms with Crippen molar-refractivity contribution in [2.24, 2.45) is 0 Å². The zero-order valence-corrected chi connectivity index (χ0v) is 20.4. The summed E-state index contributed by atoms with van der Waals surface area (Å²) in [4.78, 5) is 37.5. The highest BCUT2D eigenvalue weighted by molar-refractivity contribution is 6.30. The van der Waals surface area contributed by atoms with E-state index in [1.165, 1.54) is 18.2 Å². The molecule has 0 saturated heterocycles. The van der Waals surface area contributed by atoms with Crippen molar-refractivity contribution < 1.29 is 28.2 Å². The maximum Gasteiger partial charge on any atom is 0.338 e. The molecule has 184 valence electrons. The van der Waals surface area contributed by atoms with Gasteiger partial charge in [-0.05, 0) is 55.3 Å². The Morgan fingerprint density at radius 1 is 0.972 bits per heavy atom. The van der Waals surface area contributed by atoms with E-state index in [4.69, 9.17) is 30.2 Å². The Hall–Kier alpha value is -4.10. The fraction of sp³-hybridized carbons (Fsp3) is 0.179. The second-order valence-electron chi connectivity index (χ2n) is 7.93. The van der Waals surface area contributed by atoms with Crippen LogP contribution in [0.1, 0.15) is 40.4 Å². The first-order chi connectivity index (χ1) is 17.4. The average molecular weight is 507 g/mol. The Labute approximate surface area is 212 Å². The molecule has 0 bridgehead atoms. The highest BCUT2D eigenvalue weighted by Gasteiger charge is 2.21. The molecule has 0 N–H and O–H groups in total. The normalized spacial score (nSPS) is 11.6. The molecule has 0 aliphatic carbocycles. The third-order valence-electron chi connectivity index (χ3n) is 5.25. The van der Waals surface area contributed by atoms with E-state index in [1.54, 1.807) is 55.5 Å². The first-order valence-corrected chi connectivity index (χ1v) is 11.7. The highest BCUT2D eigenvalue weighted by Crippen LogP contribution is 2.29. The number of aryl methyl sites for hydroxylation is 1. The molecule has 0 aliphatic rings. The van der Waals surface area contributed by atoms with E-state index in [2.05, 4.69) is 0 Å². The lowest BCUT2D eigenvalue weighted by molar-refractivity contribution is -0.134. The zero-order chi connectivity index (χ0) is 25.7. The van der Waals surface area contributed by atoms with Crippen molar-refractivity contribution in [1.29, 1.82) is 0 Å². The molecule has 4 aromatic rings. The molecule has 0 radical (unpaired) electrons. The third-order valence-corrected chi connectivity index (χ3v) is 5.68. The smallest absolute Gasteiger partial charge is 0.338 e. The summed E-state index contributed by atoms with van der Waals surface area (Å²) < 4.78 is 22.1. The van der Waals surface area contributed by atoms with Crippen LogP contribution in [0.25, 0.3) is 11.0 Å². The fourth-order valence-electron chi connectivity index (χ4n) is 3.43. The SMILES string of the molecule is CCCOC(=O)c1ccc(Oc2c(C)oc3cc(OC(=O)C(Cl)c4ccccc4)ccc3c2=O)cc1. The monoisotopic (exact) mass is 506 g/mol. The number of halogens is 1. The summed E-state index contributed by atoms with van der Waals surface area (Å²) in [5, 5.41) is -0.730. The van der Waals surface area contributed by atoms with E-state index in [-0.39, 0.29) is 28.2 Å². The molecule has 36 heavy (non-hydrogen) atoms. The van der Waals surface area contributed by atoms with Gasteiger partial charge in [-0.3, -0.25) is 4.79 Å². The Morgan fingerprint density at radius 2 is 1.67 bits per heavy atom. The summed E-state index contributed by atoms with van der Waals surface area (Å²) in [6.07, 6.45) is 0.731. The summed E-state index contributed by atoms with van der Waals surface area (Å²) in [7, 11) is 0. The number of esters is 2. The Kier molecular flexibility index (Phi) is 7.71. The van der Waals surface area contributed by atoms with Crippen LogP contribution in [0, 0.1) is 6.92 Å². The van der Waals surface area contributed by atoms with Crippen molar-refractivity contribution in [3.63, 3.8) is 0 Å².